The first-order valence-corrected chi connectivity index (χ1v) is 12.5. The van der Waals surface area contributed by atoms with E-state index in [1.807, 2.05) is 0 Å². The molecule has 0 unspecified atom stereocenters. The largest absolute Gasteiger partial charge is 0.490 e. The standard InChI is InChI=1S/C27H22ClFN2O5S/c1-2-35-23-13-17(11-12-22(23)36-16-25(32)30-21-10-6-4-8-19(21)28)14-24-26(33)31(27(34)37-24)15-18-7-3-5-9-20(18)29/h3-14H,2,15-16H2,1H3,(H,30,32)/b24-14-. The van der Waals surface area contributed by atoms with Crippen LogP contribution in [0.1, 0.15) is 18.1 Å². The fourth-order valence-electron chi connectivity index (χ4n) is 3.48. The van der Waals surface area contributed by atoms with E-state index in [1.54, 1.807) is 67.6 Å². The number of hydrogen-bond acceptors (Lipinski definition) is 6. The molecular weight excluding hydrogens is 519 g/mol. The number of rotatable bonds is 9. The lowest BCUT2D eigenvalue weighted by Crippen LogP contribution is -2.27. The van der Waals surface area contributed by atoms with Gasteiger partial charge in [0.1, 0.15) is 5.82 Å². The van der Waals surface area contributed by atoms with Crippen LogP contribution >= 0.6 is 23.4 Å². The van der Waals surface area contributed by atoms with E-state index in [0.29, 0.717) is 34.4 Å². The van der Waals surface area contributed by atoms with E-state index in [-0.39, 0.29) is 23.6 Å². The molecule has 1 N–H and O–H groups in total. The van der Waals surface area contributed by atoms with Crippen molar-refractivity contribution in [1.29, 1.82) is 0 Å². The molecule has 3 amide bonds. The summed E-state index contributed by atoms with van der Waals surface area (Å²) in [5.41, 5.74) is 1.32. The molecule has 10 heteroatoms. The molecule has 190 valence electrons. The number of halogens is 2. The number of amides is 3. The molecule has 0 aromatic heterocycles. The van der Waals surface area contributed by atoms with Crippen molar-refractivity contribution in [2.24, 2.45) is 0 Å². The third-order valence-corrected chi connectivity index (χ3v) is 6.47. The second-order valence-electron chi connectivity index (χ2n) is 7.82. The lowest BCUT2D eigenvalue weighted by atomic mass is 10.1. The number of carbonyl (C=O) groups excluding carboxylic acids is 3. The SMILES string of the molecule is CCOc1cc(/C=C2\SC(=O)N(Cc3ccccc3F)C2=O)ccc1OCC(=O)Nc1ccccc1Cl. The molecule has 3 aromatic carbocycles. The highest BCUT2D eigenvalue weighted by Crippen LogP contribution is 2.35. The molecule has 1 heterocycles. The van der Waals surface area contributed by atoms with E-state index in [0.717, 1.165) is 16.7 Å². The molecule has 4 rings (SSSR count). The summed E-state index contributed by atoms with van der Waals surface area (Å²) in [4.78, 5) is 38.8. The van der Waals surface area contributed by atoms with Crippen molar-refractivity contribution in [2.45, 2.75) is 13.5 Å². The molecule has 1 saturated heterocycles. The first-order chi connectivity index (χ1) is 17.9. The molecule has 0 aliphatic carbocycles. The number of ether oxygens (including phenoxy) is 2. The maximum absolute atomic E-state index is 14.0. The Bertz CT molecular complexity index is 1380. The summed E-state index contributed by atoms with van der Waals surface area (Å²) >= 11 is 6.85. The minimum Gasteiger partial charge on any atom is -0.490 e. The lowest BCUT2D eigenvalue weighted by molar-refractivity contribution is -0.123. The third-order valence-electron chi connectivity index (χ3n) is 5.23. The quantitative estimate of drug-likeness (QED) is 0.329. The Kier molecular flexibility index (Phi) is 8.47. The van der Waals surface area contributed by atoms with Crippen molar-refractivity contribution < 1.29 is 28.2 Å². The van der Waals surface area contributed by atoms with Crippen molar-refractivity contribution in [2.75, 3.05) is 18.5 Å². The molecule has 3 aromatic rings. The zero-order valence-corrected chi connectivity index (χ0v) is 21.3. The van der Waals surface area contributed by atoms with Crippen LogP contribution in [0.15, 0.2) is 71.6 Å². The number of benzene rings is 3. The Morgan fingerprint density at radius 1 is 1.05 bits per heavy atom. The molecule has 0 radical (unpaired) electrons. The molecule has 0 atom stereocenters. The minimum absolute atomic E-state index is 0.151. The number of imide groups is 1. The molecule has 0 bridgehead atoms. The summed E-state index contributed by atoms with van der Waals surface area (Å²) in [5.74, 6) is -0.688. The maximum Gasteiger partial charge on any atom is 0.293 e. The molecular formula is C27H22ClFN2O5S. The van der Waals surface area contributed by atoms with Gasteiger partial charge in [0.2, 0.25) is 0 Å². The second kappa shape index (κ2) is 11.9. The minimum atomic E-state index is -0.507. The first kappa shape index (κ1) is 26.2. The van der Waals surface area contributed by atoms with Crippen LogP contribution in [-0.2, 0) is 16.1 Å². The maximum atomic E-state index is 14.0. The number of thioether (sulfide) groups is 1. The zero-order valence-electron chi connectivity index (χ0n) is 19.7. The summed E-state index contributed by atoms with van der Waals surface area (Å²) in [7, 11) is 0. The van der Waals surface area contributed by atoms with Gasteiger partial charge < -0.3 is 14.8 Å². The monoisotopic (exact) mass is 540 g/mol. The molecule has 37 heavy (non-hydrogen) atoms. The van der Waals surface area contributed by atoms with Gasteiger partial charge in [0, 0.05) is 5.56 Å². The van der Waals surface area contributed by atoms with Gasteiger partial charge in [-0.1, -0.05) is 48.0 Å². The predicted molar refractivity (Wildman–Crippen MR) is 141 cm³/mol. The van der Waals surface area contributed by atoms with Gasteiger partial charge in [-0.3, -0.25) is 19.3 Å². The van der Waals surface area contributed by atoms with Crippen molar-refractivity contribution in [3.05, 3.63) is 93.6 Å². The summed E-state index contributed by atoms with van der Waals surface area (Å²) in [6.45, 7) is 1.71. The summed E-state index contributed by atoms with van der Waals surface area (Å²) in [6.07, 6.45) is 1.56. The molecule has 1 aliphatic rings. The normalized spacial score (nSPS) is 14.2. The molecule has 1 fully saturated rings. The average Bonchev–Trinajstić information content (AvgIpc) is 3.13. The van der Waals surface area contributed by atoms with Gasteiger partial charge >= 0.3 is 0 Å². The molecule has 0 saturated carbocycles. The van der Waals surface area contributed by atoms with Gasteiger partial charge in [-0.15, -0.1) is 0 Å². The van der Waals surface area contributed by atoms with Crippen LogP contribution in [-0.4, -0.2) is 35.2 Å². The Labute approximate surface area is 222 Å². The van der Waals surface area contributed by atoms with Crippen LogP contribution in [0, 0.1) is 5.82 Å². The van der Waals surface area contributed by atoms with Gasteiger partial charge in [0.05, 0.1) is 28.8 Å². The van der Waals surface area contributed by atoms with Gasteiger partial charge in [0.25, 0.3) is 17.1 Å². The molecule has 1 aliphatic heterocycles. The van der Waals surface area contributed by atoms with Crippen molar-refractivity contribution in [3.63, 3.8) is 0 Å². The van der Waals surface area contributed by atoms with Crippen LogP contribution in [0.5, 0.6) is 11.5 Å². The van der Waals surface area contributed by atoms with E-state index in [9.17, 15) is 18.8 Å². The van der Waals surface area contributed by atoms with Gasteiger partial charge in [-0.05, 0) is 60.7 Å². The molecule has 0 spiro atoms. The summed E-state index contributed by atoms with van der Waals surface area (Å²) in [6, 6.07) is 17.8. The first-order valence-electron chi connectivity index (χ1n) is 11.3. The summed E-state index contributed by atoms with van der Waals surface area (Å²) in [5, 5.41) is 2.61. The second-order valence-corrected chi connectivity index (χ2v) is 9.22. The van der Waals surface area contributed by atoms with Crippen LogP contribution in [0.3, 0.4) is 0 Å². The highest BCUT2D eigenvalue weighted by molar-refractivity contribution is 8.18. The zero-order chi connectivity index (χ0) is 26.4. The van der Waals surface area contributed by atoms with Crippen LogP contribution < -0.4 is 14.8 Å². The fraction of sp³-hybridized carbons (Fsp3) is 0.148. The Morgan fingerprint density at radius 3 is 2.57 bits per heavy atom. The van der Waals surface area contributed by atoms with Crippen LogP contribution in [0.4, 0.5) is 14.9 Å². The number of carbonyl (C=O) groups is 3. The highest BCUT2D eigenvalue weighted by Gasteiger charge is 2.35. The van der Waals surface area contributed by atoms with Crippen molar-refractivity contribution in [1.82, 2.24) is 4.90 Å². The topological polar surface area (TPSA) is 84.9 Å². The summed E-state index contributed by atoms with van der Waals surface area (Å²) < 4.78 is 25.3. The predicted octanol–water partition coefficient (Wildman–Crippen LogP) is 6.13. The Hall–Kier alpha value is -3.82. The van der Waals surface area contributed by atoms with Gasteiger partial charge in [-0.25, -0.2) is 4.39 Å². The van der Waals surface area contributed by atoms with E-state index < -0.39 is 22.9 Å². The smallest absolute Gasteiger partial charge is 0.293 e. The number of nitrogens with zero attached hydrogens (tertiary/aromatic N) is 1. The van der Waals surface area contributed by atoms with Crippen LogP contribution in [0.25, 0.3) is 6.08 Å². The third kappa shape index (κ3) is 6.49. The van der Waals surface area contributed by atoms with Crippen molar-refractivity contribution in [3.8, 4) is 11.5 Å². The van der Waals surface area contributed by atoms with E-state index in [1.165, 1.54) is 12.1 Å². The van der Waals surface area contributed by atoms with Crippen LogP contribution in [0.2, 0.25) is 5.02 Å². The Morgan fingerprint density at radius 2 is 1.81 bits per heavy atom. The number of hydrogen-bond donors (Lipinski definition) is 1. The number of nitrogens with one attached hydrogen (secondary N) is 1. The number of para-hydroxylation sites is 1. The number of anilines is 1. The molecule has 7 nitrogen and oxygen atoms in total. The Balaban J connectivity index is 1.45. The lowest BCUT2D eigenvalue weighted by Gasteiger charge is -2.13. The fourth-order valence-corrected chi connectivity index (χ4v) is 4.50. The van der Waals surface area contributed by atoms with Crippen molar-refractivity contribution >= 4 is 52.2 Å². The average molecular weight is 541 g/mol. The van der Waals surface area contributed by atoms with Gasteiger partial charge in [-0.2, -0.15) is 0 Å². The highest BCUT2D eigenvalue weighted by atomic mass is 35.5. The van der Waals surface area contributed by atoms with Gasteiger partial charge in [0.15, 0.2) is 18.1 Å². The van der Waals surface area contributed by atoms with E-state index >= 15 is 0 Å². The van der Waals surface area contributed by atoms with E-state index in [2.05, 4.69) is 5.32 Å². The van der Waals surface area contributed by atoms with E-state index in [4.69, 9.17) is 21.1 Å².